The van der Waals surface area contributed by atoms with E-state index in [4.69, 9.17) is 4.42 Å². The van der Waals surface area contributed by atoms with Crippen molar-refractivity contribution in [2.45, 2.75) is 6.67 Å². The van der Waals surface area contributed by atoms with E-state index >= 15 is 0 Å². The third kappa shape index (κ3) is 1.01. The molecule has 0 aliphatic heterocycles. The van der Waals surface area contributed by atoms with Crippen LogP contribution in [0.15, 0.2) is 27.4 Å². The third-order valence-electron chi connectivity index (χ3n) is 1.64. The quantitative estimate of drug-likeness (QED) is 0.701. The van der Waals surface area contributed by atoms with E-state index < -0.39 is 12.4 Å². The molecule has 0 atom stereocenters. The first-order valence-corrected chi connectivity index (χ1v) is 3.47. The number of aromatic nitrogens is 1. The van der Waals surface area contributed by atoms with Crippen LogP contribution in [0.5, 0.6) is 0 Å². The predicted molar refractivity (Wildman–Crippen MR) is 41.6 cm³/mol. The van der Waals surface area contributed by atoms with Crippen LogP contribution in [0, 0.1) is 0 Å². The average molecular weight is 167 g/mol. The van der Waals surface area contributed by atoms with Crippen molar-refractivity contribution in [1.29, 1.82) is 0 Å². The second-order valence-corrected chi connectivity index (χ2v) is 2.48. The van der Waals surface area contributed by atoms with E-state index in [1.54, 1.807) is 12.1 Å². The van der Waals surface area contributed by atoms with Crippen LogP contribution in [0.3, 0.4) is 0 Å². The van der Waals surface area contributed by atoms with Crippen LogP contribution in [0.4, 0.5) is 4.39 Å². The van der Waals surface area contributed by atoms with Crippen molar-refractivity contribution < 1.29 is 8.81 Å². The summed E-state index contributed by atoms with van der Waals surface area (Å²) in [5, 5.41) is 0. The SMILES string of the molecule is O=c1[nH]c2ccc(CF)cc2o1. The topological polar surface area (TPSA) is 46.0 Å². The summed E-state index contributed by atoms with van der Waals surface area (Å²) in [6, 6.07) is 4.73. The molecule has 0 spiro atoms. The van der Waals surface area contributed by atoms with Crippen LogP contribution in [0.2, 0.25) is 0 Å². The fraction of sp³-hybridized carbons (Fsp3) is 0.125. The van der Waals surface area contributed by atoms with Gasteiger partial charge in [0, 0.05) is 0 Å². The molecule has 0 saturated heterocycles. The Labute approximate surface area is 66.8 Å². The average Bonchev–Trinajstić information content (AvgIpc) is 2.43. The molecule has 2 aromatic rings. The van der Waals surface area contributed by atoms with Gasteiger partial charge >= 0.3 is 5.76 Å². The van der Waals surface area contributed by atoms with Gasteiger partial charge in [-0.1, -0.05) is 6.07 Å². The van der Waals surface area contributed by atoms with Gasteiger partial charge in [-0.3, -0.25) is 4.98 Å². The highest BCUT2D eigenvalue weighted by Gasteiger charge is 2.00. The molecule has 12 heavy (non-hydrogen) atoms. The minimum atomic E-state index is -0.551. The molecule has 0 unspecified atom stereocenters. The number of aromatic amines is 1. The molecule has 0 saturated carbocycles. The van der Waals surface area contributed by atoms with Gasteiger partial charge < -0.3 is 4.42 Å². The third-order valence-corrected chi connectivity index (χ3v) is 1.64. The molecule has 62 valence electrons. The summed E-state index contributed by atoms with van der Waals surface area (Å²) in [5.74, 6) is -0.513. The maximum absolute atomic E-state index is 12.1. The highest BCUT2D eigenvalue weighted by atomic mass is 19.1. The standard InChI is InChI=1S/C8H6FNO2/c9-4-5-1-2-6-7(3-5)12-8(11)10-6/h1-3H,4H2,(H,10,11). The Hall–Kier alpha value is -1.58. The first-order valence-electron chi connectivity index (χ1n) is 3.47. The van der Waals surface area contributed by atoms with E-state index in [0.29, 0.717) is 16.7 Å². The van der Waals surface area contributed by atoms with Crippen molar-refractivity contribution in [3.8, 4) is 0 Å². The van der Waals surface area contributed by atoms with E-state index in [-0.39, 0.29) is 0 Å². The first kappa shape index (κ1) is 7.09. The van der Waals surface area contributed by atoms with Gasteiger partial charge in [0.15, 0.2) is 5.58 Å². The molecule has 0 bridgehead atoms. The van der Waals surface area contributed by atoms with E-state index in [1.807, 2.05) is 0 Å². The van der Waals surface area contributed by atoms with Crippen LogP contribution in [0.1, 0.15) is 5.56 Å². The molecule has 3 nitrogen and oxygen atoms in total. The number of rotatable bonds is 1. The fourth-order valence-corrected chi connectivity index (χ4v) is 1.07. The lowest BCUT2D eigenvalue weighted by molar-refractivity contribution is 0.484. The van der Waals surface area contributed by atoms with E-state index in [0.717, 1.165) is 0 Å². The van der Waals surface area contributed by atoms with Crippen LogP contribution >= 0.6 is 0 Å². The monoisotopic (exact) mass is 167 g/mol. The molecule has 0 aliphatic carbocycles. The molecule has 1 aromatic heterocycles. The zero-order valence-electron chi connectivity index (χ0n) is 6.13. The van der Waals surface area contributed by atoms with Gasteiger partial charge in [-0.25, -0.2) is 9.18 Å². The Bertz CT molecular complexity index is 457. The molecule has 0 amide bonds. The molecular formula is C8H6FNO2. The van der Waals surface area contributed by atoms with Crippen LogP contribution in [-0.4, -0.2) is 4.98 Å². The second-order valence-electron chi connectivity index (χ2n) is 2.48. The molecule has 2 rings (SSSR count). The Morgan fingerprint density at radius 2 is 2.33 bits per heavy atom. The lowest BCUT2D eigenvalue weighted by Crippen LogP contribution is -1.92. The van der Waals surface area contributed by atoms with Gasteiger partial charge in [-0.15, -0.1) is 0 Å². The zero-order chi connectivity index (χ0) is 8.55. The highest BCUT2D eigenvalue weighted by Crippen LogP contribution is 2.12. The molecule has 0 aliphatic rings. The Morgan fingerprint density at radius 1 is 1.50 bits per heavy atom. The highest BCUT2D eigenvalue weighted by molar-refractivity contribution is 5.72. The molecule has 4 heteroatoms. The Balaban J connectivity index is 2.74. The van der Waals surface area contributed by atoms with Gasteiger partial charge in [0.2, 0.25) is 0 Å². The number of alkyl halides is 1. The van der Waals surface area contributed by atoms with Crippen molar-refractivity contribution in [2.24, 2.45) is 0 Å². The van der Waals surface area contributed by atoms with Crippen LogP contribution in [-0.2, 0) is 6.67 Å². The zero-order valence-corrected chi connectivity index (χ0v) is 6.13. The van der Waals surface area contributed by atoms with Gasteiger partial charge in [0.05, 0.1) is 5.52 Å². The summed E-state index contributed by atoms with van der Waals surface area (Å²) < 4.78 is 16.9. The molecule has 0 radical (unpaired) electrons. The summed E-state index contributed by atoms with van der Waals surface area (Å²) in [7, 11) is 0. The molecular weight excluding hydrogens is 161 g/mol. The Kier molecular flexibility index (Phi) is 1.46. The van der Waals surface area contributed by atoms with Crippen LogP contribution in [0.25, 0.3) is 11.1 Å². The molecule has 1 heterocycles. The van der Waals surface area contributed by atoms with Crippen molar-refractivity contribution in [3.63, 3.8) is 0 Å². The largest absolute Gasteiger partial charge is 0.417 e. The summed E-state index contributed by atoms with van der Waals surface area (Å²) >= 11 is 0. The minimum absolute atomic E-state index is 0.398. The number of hydrogen-bond acceptors (Lipinski definition) is 2. The van der Waals surface area contributed by atoms with Crippen molar-refractivity contribution in [1.82, 2.24) is 4.98 Å². The number of hydrogen-bond donors (Lipinski definition) is 1. The lowest BCUT2D eigenvalue weighted by Gasteiger charge is -1.90. The van der Waals surface area contributed by atoms with Crippen molar-refractivity contribution in [2.75, 3.05) is 0 Å². The second kappa shape index (κ2) is 2.48. The number of nitrogens with one attached hydrogen (secondary N) is 1. The fourth-order valence-electron chi connectivity index (χ4n) is 1.07. The molecule has 0 fully saturated rings. The van der Waals surface area contributed by atoms with Crippen molar-refractivity contribution in [3.05, 3.63) is 34.3 Å². The summed E-state index contributed by atoms with van der Waals surface area (Å²) in [6.07, 6.45) is 0. The maximum atomic E-state index is 12.1. The number of halogens is 1. The van der Waals surface area contributed by atoms with Crippen LogP contribution < -0.4 is 5.76 Å². The van der Waals surface area contributed by atoms with Crippen molar-refractivity contribution >= 4 is 11.1 Å². The maximum Gasteiger partial charge on any atom is 0.417 e. The number of oxazole rings is 1. The molecule has 1 aromatic carbocycles. The number of fused-ring (bicyclic) bond motifs is 1. The molecule has 1 N–H and O–H groups in total. The minimum Gasteiger partial charge on any atom is -0.408 e. The van der Waals surface area contributed by atoms with Gasteiger partial charge in [0.1, 0.15) is 6.67 Å². The normalized spacial score (nSPS) is 10.8. The summed E-state index contributed by atoms with van der Waals surface area (Å²) in [5.41, 5.74) is 1.50. The van der Waals surface area contributed by atoms with Gasteiger partial charge in [-0.2, -0.15) is 0 Å². The summed E-state index contributed by atoms with van der Waals surface area (Å²) in [6.45, 7) is -0.551. The van der Waals surface area contributed by atoms with Gasteiger partial charge in [-0.05, 0) is 17.7 Å². The number of benzene rings is 1. The number of H-pyrrole nitrogens is 1. The summed E-state index contributed by atoms with van der Waals surface area (Å²) in [4.78, 5) is 13.1. The predicted octanol–water partition coefficient (Wildman–Crippen LogP) is 1.59. The van der Waals surface area contributed by atoms with E-state index in [2.05, 4.69) is 4.98 Å². The van der Waals surface area contributed by atoms with E-state index in [1.165, 1.54) is 6.07 Å². The lowest BCUT2D eigenvalue weighted by atomic mass is 10.2. The first-order chi connectivity index (χ1) is 5.79. The van der Waals surface area contributed by atoms with Gasteiger partial charge in [0.25, 0.3) is 0 Å². The smallest absolute Gasteiger partial charge is 0.408 e. The van der Waals surface area contributed by atoms with E-state index in [9.17, 15) is 9.18 Å². The Morgan fingerprint density at radius 3 is 3.08 bits per heavy atom.